The van der Waals surface area contributed by atoms with Crippen LogP contribution in [0, 0.1) is 0 Å². The predicted molar refractivity (Wildman–Crippen MR) is 100 cm³/mol. The van der Waals surface area contributed by atoms with Crippen LogP contribution in [0.3, 0.4) is 0 Å². The normalized spacial score (nSPS) is 11.4. The molecule has 0 aliphatic carbocycles. The summed E-state index contributed by atoms with van der Waals surface area (Å²) >= 11 is 12.6. The van der Waals surface area contributed by atoms with Crippen LogP contribution in [0.25, 0.3) is 0 Å². The molecule has 0 saturated heterocycles. The van der Waals surface area contributed by atoms with Gasteiger partial charge in [-0.25, -0.2) is 0 Å². The largest absolute Gasteiger partial charge is 0.493 e. The van der Waals surface area contributed by atoms with Crippen LogP contribution in [-0.2, 0) is 13.2 Å². The number of hydrogen-bond acceptors (Lipinski definition) is 3. The maximum atomic E-state index is 6.40. The summed E-state index contributed by atoms with van der Waals surface area (Å²) in [6, 6.07) is 11.4. The van der Waals surface area contributed by atoms with Gasteiger partial charge in [-0.2, -0.15) is 0 Å². The van der Waals surface area contributed by atoms with Gasteiger partial charge >= 0.3 is 0 Å². The predicted octanol–water partition coefficient (Wildman–Crippen LogP) is 5.47. The molecule has 130 valence electrons. The number of methoxy groups -OCH3 is 1. The molecule has 5 heteroatoms. The topological polar surface area (TPSA) is 30.5 Å². The Kier molecular flexibility index (Phi) is 6.39. The maximum absolute atomic E-state index is 6.40. The monoisotopic (exact) mass is 367 g/mol. The average molecular weight is 368 g/mol. The highest BCUT2D eigenvalue weighted by molar-refractivity contribution is 6.32. The van der Waals surface area contributed by atoms with Gasteiger partial charge in [0.15, 0.2) is 11.5 Å². The molecule has 0 saturated carbocycles. The highest BCUT2D eigenvalue weighted by Crippen LogP contribution is 2.37. The third-order valence-corrected chi connectivity index (χ3v) is 4.09. The summed E-state index contributed by atoms with van der Waals surface area (Å²) in [6.45, 7) is 7.38. The zero-order valence-corrected chi connectivity index (χ0v) is 16.0. The van der Waals surface area contributed by atoms with Gasteiger partial charge in [0.1, 0.15) is 6.61 Å². The van der Waals surface area contributed by atoms with Crippen molar-refractivity contribution in [3.63, 3.8) is 0 Å². The summed E-state index contributed by atoms with van der Waals surface area (Å²) < 4.78 is 11.3. The zero-order chi connectivity index (χ0) is 17.7. The lowest BCUT2D eigenvalue weighted by molar-refractivity contribution is 0.284. The quantitative estimate of drug-likeness (QED) is 0.734. The Morgan fingerprint density at radius 2 is 1.75 bits per heavy atom. The fraction of sp³-hybridized carbons (Fsp3) is 0.368. The van der Waals surface area contributed by atoms with Crippen molar-refractivity contribution < 1.29 is 9.47 Å². The number of hydrogen-bond donors (Lipinski definition) is 1. The molecule has 1 N–H and O–H groups in total. The molecule has 0 fully saturated rings. The molecular weight excluding hydrogens is 345 g/mol. The molecule has 2 rings (SSSR count). The van der Waals surface area contributed by atoms with E-state index in [-0.39, 0.29) is 5.54 Å². The van der Waals surface area contributed by atoms with Crippen LogP contribution < -0.4 is 14.8 Å². The van der Waals surface area contributed by atoms with Crippen molar-refractivity contribution in [2.75, 3.05) is 7.11 Å². The van der Waals surface area contributed by atoms with E-state index in [1.807, 2.05) is 36.4 Å². The molecule has 0 atom stereocenters. The smallest absolute Gasteiger partial charge is 0.180 e. The van der Waals surface area contributed by atoms with Gasteiger partial charge in [0.25, 0.3) is 0 Å². The summed E-state index contributed by atoms with van der Waals surface area (Å²) in [5, 5.41) is 4.61. The molecule has 0 aliphatic heterocycles. The van der Waals surface area contributed by atoms with Gasteiger partial charge in [0.05, 0.1) is 12.1 Å². The van der Waals surface area contributed by atoms with E-state index in [4.69, 9.17) is 32.7 Å². The summed E-state index contributed by atoms with van der Waals surface area (Å²) in [4.78, 5) is 0. The lowest BCUT2D eigenvalue weighted by Gasteiger charge is -2.21. The van der Waals surface area contributed by atoms with E-state index in [1.54, 1.807) is 7.11 Å². The number of benzene rings is 2. The van der Waals surface area contributed by atoms with Crippen molar-refractivity contribution in [1.82, 2.24) is 5.32 Å². The summed E-state index contributed by atoms with van der Waals surface area (Å²) in [6.07, 6.45) is 0. The van der Waals surface area contributed by atoms with E-state index >= 15 is 0 Å². The Morgan fingerprint density at radius 3 is 2.38 bits per heavy atom. The number of nitrogens with one attached hydrogen (secondary N) is 1. The number of ether oxygens (including phenoxy) is 2. The third-order valence-electron chi connectivity index (χ3n) is 3.44. The summed E-state index contributed by atoms with van der Waals surface area (Å²) in [5.41, 5.74) is 1.96. The van der Waals surface area contributed by atoms with Crippen LogP contribution in [0.4, 0.5) is 0 Å². The number of halogens is 2. The first-order chi connectivity index (χ1) is 11.3. The van der Waals surface area contributed by atoms with Crippen molar-refractivity contribution in [1.29, 1.82) is 0 Å². The second-order valence-electron chi connectivity index (χ2n) is 6.59. The summed E-state index contributed by atoms with van der Waals surface area (Å²) in [5.74, 6) is 1.14. The van der Waals surface area contributed by atoms with Crippen molar-refractivity contribution in [3.8, 4) is 11.5 Å². The Morgan fingerprint density at radius 1 is 1.04 bits per heavy atom. The van der Waals surface area contributed by atoms with Crippen LogP contribution in [0.5, 0.6) is 11.5 Å². The van der Waals surface area contributed by atoms with Gasteiger partial charge in [-0.05, 0) is 44.5 Å². The first-order valence-electron chi connectivity index (χ1n) is 7.78. The van der Waals surface area contributed by atoms with Crippen LogP contribution in [0.15, 0.2) is 36.4 Å². The van der Waals surface area contributed by atoms with Crippen LogP contribution in [0.1, 0.15) is 31.9 Å². The molecular formula is C19H23Cl2NO2. The second kappa shape index (κ2) is 8.11. The SMILES string of the molecule is COc1cc(CNC(C)(C)C)cc(Cl)c1OCc1ccccc1Cl. The molecule has 0 amide bonds. The number of rotatable bonds is 6. The minimum atomic E-state index is 0.0267. The lowest BCUT2D eigenvalue weighted by atomic mass is 10.1. The van der Waals surface area contributed by atoms with E-state index in [0.29, 0.717) is 34.7 Å². The van der Waals surface area contributed by atoms with Crippen LogP contribution in [-0.4, -0.2) is 12.6 Å². The summed E-state index contributed by atoms with van der Waals surface area (Å²) in [7, 11) is 1.61. The molecule has 0 aliphatic rings. The second-order valence-corrected chi connectivity index (χ2v) is 7.41. The van der Waals surface area contributed by atoms with Crippen LogP contribution >= 0.6 is 23.2 Å². The Hall–Kier alpha value is -1.42. The van der Waals surface area contributed by atoms with Gasteiger partial charge in [-0.3, -0.25) is 0 Å². The van der Waals surface area contributed by atoms with Gasteiger partial charge in [0, 0.05) is 22.7 Å². The minimum absolute atomic E-state index is 0.0267. The van der Waals surface area contributed by atoms with Crippen molar-refractivity contribution >= 4 is 23.2 Å². The fourth-order valence-electron chi connectivity index (χ4n) is 2.15. The molecule has 2 aromatic rings. The van der Waals surface area contributed by atoms with E-state index in [9.17, 15) is 0 Å². The van der Waals surface area contributed by atoms with E-state index in [0.717, 1.165) is 11.1 Å². The highest BCUT2D eigenvalue weighted by Gasteiger charge is 2.15. The van der Waals surface area contributed by atoms with E-state index < -0.39 is 0 Å². The Bertz CT molecular complexity index is 696. The lowest BCUT2D eigenvalue weighted by Crippen LogP contribution is -2.35. The molecule has 0 unspecified atom stereocenters. The van der Waals surface area contributed by atoms with Crippen molar-refractivity contribution in [3.05, 3.63) is 57.6 Å². The maximum Gasteiger partial charge on any atom is 0.180 e. The highest BCUT2D eigenvalue weighted by atomic mass is 35.5. The van der Waals surface area contributed by atoms with Crippen LogP contribution in [0.2, 0.25) is 10.0 Å². The van der Waals surface area contributed by atoms with Crippen molar-refractivity contribution in [2.45, 2.75) is 39.5 Å². The Balaban J connectivity index is 2.16. The molecule has 2 aromatic carbocycles. The molecule has 24 heavy (non-hydrogen) atoms. The van der Waals surface area contributed by atoms with Gasteiger partial charge < -0.3 is 14.8 Å². The van der Waals surface area contributed by atoms with Gasteiger partial charge in [-0.1, -0.05) is 41.4 Å². The molecule has 0 spiro atoms. The molecule has 3 nitrogen and oxygen atoms in total. The first-order valence-corrected chi connectivity index (χ1v) is 8.53. The minimum Gasteiger partial charge on any atom is -0.493 e. The average Bonchev–Trinajstić information content (AvgIpc) is 2.52. The standard InChI is InChI=1S/C19H23Cl2NO2/c1-19(2,3)22-11-13-9-16(21)18(17(10-13)23-4)24-12-14-7-5-6-8-15(14)20/h5-10,22H,11-12H2,1-4H3. The van der Waals surface area contributed by atoms with Crippen molar-refractivity contribution in [2.24, 2.45) is 0 Å². The molecule has 0 heterocycles. The van der Waals surface area contributed by atoms with E-state index in [2.05, 4.69) is 26.1 Å². The molecule has 0 radical (unpaired) electrons. The van der Waals surface area contributed by atoms with E-state index in [1.165, 1.54) is 0 Å². The van der Waals surface area contributed by atoms with Gasteiger partial charge in [0.2, 0.25) is 0 Å². The molecule has 0 aromatic heterocycles. The fourth-order valence-corrected chi connectivity index (χ4v) is 2.63. The zero-order valence-electron chi connectivity index (χ0n) is 14.5. The first kappa shape index (κ1) is 18.9. The molecule has 0 bridgehead atoms. The van der Waals surface area contributed by atoms with Gasteiger partial charge in [-0.15, -0.1) is 0 Å². The Labute approximate surface area is 153 Å². The third kappa shape index (κ3) is 5.30.